The van der Waals surface area contributed by atoms with Gasteiger partial charge in [-0.2, -0.15) is 0 Å². The van der Waals surface area contributed by atoms with Gasteiger partial charge in [0.2, 0.25) is 0 Å². The predicted octanol–water partition coefficient (Wildman–Crippen LogP) is 5.00. The number of hydrogen-bond acceptors (Lipinski definition) is 6. The molecular weight excluding hydrogens is 438 g/mol. The highest BCUT2D eigenvalue weighted by Gasteiger charge is 2.23. The van der Waals surface area contributed by atoms with E-state index in [1.807, 2.05) is 26.0 Å². The summed E-state index contributed by atoms with van der Waals surface area (Å²) in [7, 11) is -2.43. The first-order chi connectivity index (χ1) is 15.8. The van der Waals surface area contributed by atoms with Gasteiger partial charge in [-0.05, 0) is 81.6 Å². The van der Waals surface area contributed by atoms with Crippen molar-refractivity contribution in [2.75, 3.05) is 24.9 Å². The van der Waals surface area contributed by atoms with Crippen LogP contribution in [-0.4, -0.2) is 38.7 Å². The topological polar surface area (TPSA) is 84.7 Å². The number of nitrogens with zero attached hydrogens (tertiary/aromatic N) is 2. The fourth-order valence-corrected chi connectivity index (χ4v) is 5.33. The third-order valence-electron chi connectivity index (χ3n) is 6.36. The number of aromatic nitrogens is 1. The second-order valence-corrected chi connectivity index (χ2v) is 10.5. The first-order valence-electron chi connectivity index (χ1n) is 11.2. The molecule has 0 aliphatic carbocycles. The summed E-state index contributed by atoms with van der Waals surface area (Å²) in [4.78, 5) is 2.49. The Labute approximate surface area is 195 Å². The van der Waals surface area contributed by atoms with E-state index in [0.29, 0.717) is 17.0 Å². The molecule has 0 unspecified atom stereocenters. The van der Waals surface area contributed by atoms with E-state index in [0.717, 1.165) is 36.8 Å². The molecule has 1 aromatic heterocycles. The quantitative estimate of drug-likeness (QED) is 0.524. The van der Waals surface area contributed by atoms with E-state index in [4.69, 9.17) is 9.26 Å². The highest BCUT2D eigenvalue weighted by molar-refractivity contribution is 7.92. The monoisotopic (exact) mass is 469 g/mol. The van der Waals surface area contributed by atoms with Crippen molar-refractivity contribution < 1.29 is 17.7 Å². The molecule has 3 aromatic rings. The minimum Gasteiger partial charge on any atom is -0.495 e. The van der Waals surface area contributed by atoms with Crippen LogP contribution in [0.15, 0.2) is 51.9 Å². The van der Waals surface area contributed by atoms with Crippen LogP contribution >= 0.6 is 0 Å². The number of hydrogen-bond donors (Lipinski definition) is 1. The van der Waals surface area contributed by atoms with E-state index in [2.05, 4.69) is 21.7 Å². The van der Waals surface area contributed by atoms with Gasteiger partial charge in [-0.3, -0.25) is 9.62 Å². The van der Waals surface area contributed by atoms with Crippen molar-refractivity contribution in [2.45, 2.75) is 45.1 Å². The molecule has 1 saturated heterocycles. The van der Waals surface area contributed by atoms with Gasteiger partial charge in [0.15, 0.2) is 5.76 Å². The van der Waals surface area contributed by atoms with Crippen molar-refractivity contribution >= 4 is 15.7 Å². The van der Waals surface area contributed by atoms with E-state index in [-0.39, 0.29) is 10.6 Å². The molecule has 2 heterocycles. The first-order valence-corrected chi connectivity index (χ1v) is 12.7. The predicted molar refractivity (Wildman–Crippen MR) is 129 cm³/mol. The van der Waals surface area contributed by atoms with Crippen LogP contribution in [0.25, 0.3) is 11.3 Å². The molecule has 0 bridgehead atoms. The Morgan fingerprint density at radius 3 is 2.42 bits per heavy atom. The van der Waals surface area contributed by atoms with Crippen molar-refractivity contribution in [3.8, 4) is 17.1 Å². The lowest BCUT2D eigenvalue weighted by Gasteiger charge is -2.30. The van der Waals surface area contributed by atoms with Crippen LogP contribution in [0.3, 0.4) is 0 Å². The van der Waals surface area contributed by atoms with E-state index in [1.54, 1.807) is 30.3 Å². The van der Waals surface area contributed by atoms with Gasteiger partial charge in [0, 0.05) is 23.4 Å². The van der Waals surface area contributed by atoms with Crippen LogP contribution in [0.2, 0.25) is 0 Å². The Balaban J connectivity index is 1.53. The molecule has 33 heavy (non-hydrogen) atoms. The highest BCUT2D eigenvalue weighted by Crippen LogP contribution is 2.33. The Bertz CT molecular complexity index is 1210. The molecule has 1 N–H and O–H groups in total. The maximum atomic E-state index is 13.2. The van der Waals surface area contributed by atoms with Crippen LogP contribution in [-0.2, 0) is 16.6 Å². The van der Waals surface area contributed by atoms with Gasteiger partial charge in [-0.25, -0.2) is 8.42 Å². The maximum Gasteiger partial charge on any atom is 0.265 e. The lowest BCUT2D eigenvalue weighted by Crippen LogP contribution is -2.32. The number of piperidine rings is 1. The van der Waals surface area contributed by atoms with Gasteiger partial charge in [0.1, 0.15) is 10.6 Å². The fraction of sp³-hybridized carbons (Fsp3) is 0.400. The third-order valence-corrected chi connectivity index (χ3v) is 7.76. The zero-order valence-electron chi connectivity index (χ0n) is 19.6. The molecule has 176 valence electrons. The molecule has 0 saturated carbocycles. The SMILES string of the molecule is COc1ccc(-c2onc(C)c2C)cc1S(=O)(=O)Nc1ccc(CN2CCC(C)CC2)cc1. The average molecular weight is 470 g/mol. The van der Waals surface area contributed by atoms with Crippen molar-refractivity contribution in [1.29, 1.82) is 0 Å². The first kappa shape index (κ1) is 23.3. The summed E-state index contributed by atoms with van der Waals surface area (Å²) in [5.41, 5.74) is 3.94. The van der Waals surface area contributed by atoms with Gasteiger partial charge in [0.05, 0.1) is 12.8 Å². The van der Waals surface area contributed by atoms with Gasteiger partial charge in [-0.1, -0.05) is 24.2 Å². The number of nitrogens with one attached hydrogen (secondary N) is 1. The Morgan fingerprint density at radius 1 is 1.12 bits per heavy atom. The van der Waals surface area contributed by atoms with Gasteiger partial charge >= 0.3 is 0 Å². The molecule has 1 aliphatic rings. The standard InChI is InChI=1S/C25H31N3O4S/c1-17-11-13-28(14-12-17)16-20-5-8-22(9-6-20)27-33(29,30)24-15-21(7-10-23(24)31-4)25-18(2)19(3)26-32-25/h5-10,15,17,27H,11-14,16H2,1-4H3. The van der Waals surface area contributed by atoms with Crippen molar-refractivity contribution in [3.05, 3.63) is 59.3 Å². The molecule has 0 spiro atoms. The molecule has 0 radical (unpaired) electrons. The van der Waals surface area contributed by atoms with E-state index < -0.39 is 10.0 Å². The van der Waals surface area contributed by atoms with Crippen LogP contribution in [0.4, 0.5) is 5.69 Å². The third kappa shape index (κ3) is 5.23. The van der Waals surface area contributed by atoms with Gasteiger partial charge in [0.25, 0.3) is 10.0 Å². The Morgan fingerprint density at radius 2 is 1.82 bits per heavy atom. The van der Waals surface area contributed by atoms with Crippen LogP contribution in [0, 0.1) is 19.8 Å². The summed E-state index contributed by atoms with van der Waals surface area (Å²) >= 11 is 0. The number of likely N-dealkylation sites (tertiary alicyclic amines) is 1. The molecule has 1 fully saturated rings. The number of methoxy groups -OCH3 is 1. The summed E-state index contributed by atoms with van der Waals surface area (Å²) in [6, 6.07) is 12.5. The molecule has 1 aliphatic heterocycles. The minimum atomic E-state index is -3.89. The summed E-state index contributed by atoms with van der Waals surface area (Å²) in [5.74, 6) is 1.60. The lowest BCUT2D eigenvalue weighted by atomic mass is 9.99. The van der Waals surface area contributed by atoms with Gasteiger partial charge in [-0.15, -0.1) is 0 Å². The van der Waals surface area contributed by atoms with Crippen LogP contribution in [0.5, 0.6) is 5.75 Å². The number of sulfonamides is 1. The molecule has 2 aromatic carbocycles. The van der Waals surface area contributed by atoms with Crippen LogP contribution in [0.1, 0.15) is 36.6 Å². The number of ether oxygens (including phenoxy) is 1. The molecule has 8 heteroatoms. The number of aryl methyl sites for hydroxylation is 1. The smallest absolute Gasteiger partial charge is 0.265 e. The highest BCUT2D eigenvalue weighted by atomic mass is 32.2. The minimum absolute atomic E-state index is 0.0440. The van der Waals surface area contributed by atoms with E-state index in [9.17, 15) is 8.42 Å². The van der Waals surface area contributed by atoms with Gasteiger partial charge < -0.3 is 9.26 Å². The second kappa shape index (κ2) is 9.57. The summed E-state index contributed by atoms with van der Waals surface area (Å²) in [5, 5.41) is 3.97. The van der Waals surface area contributed by atoms with Crippen molar-refractivity contribution in [3.63, 3.8) is 0 Å². The molecular formula is C25H31N3O4S. The number of rotatable bonds is 7. The van der Waals surface area contributed by atoms with Crippen molar-refractivity contribution in [2.24, 2.45) is 5.92 Å². The zero-order valence-corrected chi connectivity index (χ0v) is 20.4. The summed E-state index contributed by atoms with van der Waals surface area (Å²) in [6.07, 6.45) is 2.46. The average Bonchev–Trinajstić information content (AvgIpc) is 3.14. The molecule has 7 nitrogen and oxygen atoms in total. The maximum absolute atomic E-state index is 13.2. The zero-order chi connectivity index (χ0) is 23.6. The number of anilines is 1. The molecule has 4 rings (SSSR count). The number of benzene rings is 2. The Hall–Kier alpha value is -2.84. The lowest BCUT2D eigenvalue weighted by molar-refractivity contribution is 0.185. The Kier molecular flexibility index (Phi) is 6.76. The summed E-state index contributed by atoms with van der Waals surface area (Å²) in [6.45, 7) is 9.14. The largest absolute Gasteiger partial charge is 0.495 e. The van der Waals surface area contributed by atoms with Crippen LogP contribution < -0.4 is 9.46 Å². The summed E-state index contributed by atoms with van der Waals surface area (Å²) < 4.78 is 39.9. The van der Waals surface area contributed by atoms with E-state index in [1.165, 1.54) is 25.5 Å². The van der Waals surface area contributed by atoms with Crippen molar-refractivity contribution in [1.82, 2.24) is 10.1 Å². The normalized spacial score (nSPS) is 15.5. The van der Waals surface area contributed by atoms with E-state index >= 15 is 0 Å². The molecule has 0 atom stereocenters. The molecule has 0 amide bonds. The second-order valence-electron chi connectivity index (χ2n) is 8.85. The fourth-order valence-electron chi connectivity index (χ4n) is 4.08.